The molecule has 2 heterocycles. The summed E-state index contributed by atoms with van der Waals surface area (Å²) in [5.41, 5.74) is 1.22. The second kappa shape index (κ2) is 10.4. The Balaban J connectivity index is 1.33. The molecule has 2 atom stereocenters. The topological polar surface area (TPSA) is 70.7 Å². The number of hydrogen-bond donors (Lipinski definition) is 2. The lowest BCUT2D eigenvalue weighted by atomic mass is 9.97. The number of amides is 2. The van der Waals surface area contributed by atoms with Crippen LogP contribution in [0.4, 0.5) is 0 Å². The van der Waals surface area contributed by atoms with Gasteiger partial charge in [0.2, 0.25) is 11.8 Å². The van der Waals surface area contributed by atoms with E-state index < -0.39 is 0 Å². The minimum absolute atomic E-state index is 0.0376. The first kappa shape index (κ1) is 19.8. The second-order valence-corrected chi connectivity index (χ2v) is 7.53. The summed E-state index contributed by atoms with van der Waals surface area (Å²) in [6.07, 6.45) is 4.84. The maximum Gasteiger partial charge on any atom is 0.248 e. The lowest BCUT2D eigenvalue weighted by Crippen LogP contribution is -2.47. The van der Waals surface area contributed by atoms with Crippen LogP contribution in [0.2, 0.25) is 0 Å². The van der Waals surface area contributed by atoms with Gasteiger partial charge in [-0.1, -0.05) is 30.3 Å². The summed E-state index contributed by atoms with van der Waals surface area (Å²) in [4.78, 5) is 26.4. The smallest absolute Gasteiger partial charge is 0.248 e. The van der Waals surface area contributed by atoms with Gasteiger partial charge in [0.15, 0.2) is 0 Å². The molecule has 1 aromatic carbocycles. The molecular formula is C21H31N3O3. The van der Waals surface area contributed by atoms with E-state index in [1.807, 2.05) is 23.1 Å². The maximum atomic E-state index is 12.4. The lowest BCUT2D eigenvalue weighted by molar-refractivity contribution is -0.137. The van der Waals surface area contributed by atoms with Gasteiger partial charge < -0.3 is 20.3 Å². The van der Waals surface area contributed by atoms with Gasteiger partial charge in [0, 0.05) is 19.6 Å². The van der Waals surface area contributed by atoms with Crippen LogP contribution in [0.25, 0.3) is 0 Å². The highest BCUT2D eigenvalue weighted by atomic mass is 16.5. The molecule has 2 fully saturated rings. The van der Waals surface area contributed by atoms with Crippen LogP contribution >= 0.6 is 0 Å². The number of ether oxygens (including phenoxy) is 1. The summed E-state index contributed by atoms with van der Waals surface area (Å²) in [6, 6.07) is 10.1. The van der Waals surface area contributed by atoms with Crippen molar-refractivity contribution in [1.29, 1.82) is 0 Å². The van der Waals surface area contributed by atoms with Crippen molar-refractivity contribution in [2.24, 2.45) is 5.92 Å². The zero-order chi connectivity index (χ0) is 18.9. The minimum Gasteiger partial charge on any atom is -0.371 e. The molecule has 2 amide bonds. The number of piperidine rings is 1. The molecule has 27 heavy (non-hydrogen) atoms. The van der Waals surface area contributed by atoms with Crippen molar-refractivity contribution in [3.05, 3.63) is 35.9 Å². The standard InChI is InChI=1S/C21H31N3O3/c25-20(16-27-13-10-17-6-2-1-3-7-17)24-12-5-8-18(15-24)14-23-21(26)19-9-4-11-22-19/h1-3,6-7,18-19,22H,4-5,8-16H2,(H,23,26). The molecule has 2 aliphatic rings. The predicted molar refractivity (Wildman–Crippen MR) is 104 cm³/mol. The van der Waals surface area contributed by atoms with Gasteiger partial charge in [-0.25, -0.2) is 0 Å². The van der Waals surface area contributed by atoms with Crippen molar-refractivity contribution < 1.29 is 14.3 Å². The summed E-state index contributed by atoms with van der Waals surface area (Å²) >= 11 is 0. The maximum absolute atomic E-state index is 12.4. The Hall–Kier alpha value is -1.92. The van der Waals surface area contributed by atoms with Gasteiger partial charge in [-0.05, 0) is 50.1 Å². The number of rotatable bonds is 8. The molecule has 6 nitrogen and oxygen atoms in total. The van der Waals surface area contributed by atoms with Crippen LogP contribution < -0.4 is 10.6 Å². The van der Waals surface area contributed by atoms with Crippen molar-refractivity contribution in [2.75, 3.05) is 39.4 Å². The number of hydrogen-bond acceptors (Lipinski definition) is 4. The van der Waals surface area contributed by atoms with Crippen LogP contribution in [0.5, 0.6) is 0 Å². The van der Waals surface area contributed by atoms with Crippen molar-refractivity contribution >= 4 is 11.8 Å². The van der Waals surface area contributed by atoms with Gasteiger partial charge in [0.1, 0.15) is 6.61 Å². The van der Waals surface area contributed by atoms with E-state index in [1.54, 1.807) is 0 Å². The molecule has 0 aliphatic carbocycles. The van der Waals surface area contributed by atoms with Gasteiger partial charge >= 0.3 is 0 Å². The van der Waals surface area contributed by atoms with Gasteiger partial charge in [0.05, 0.1) is 12.6 Å². The highest BCUT2D eigenvalue weighted by Crippen LogP contribution is 2.16. The Labute approximate surface area is 161 Å². The molecule has 0 radical (unpaired) electrons. The minimum atomic E-state index is -0.0376. The normalized spacial score (nSPS) is 22.6. The molecule has 2 aliphatic heterocycles. The van der Waals surface area contributed by atoms with E-state index in [0.29, 0.717) is 25.6 Å². The van der Waals surface area contributed by atoms with E-state index in [4.69, 9.17) is 4.74 Å². The predicted octanol–water partition coefficient (Wildman–Crippen LogP) is 1.35. The molecule has 6 heteroatoms. The molecule has 1 aromatic rings. The Morgan fingerprint density at radius 1 is 1.19 bits per heavy atom. The third-order valence-corrected chi connectivity index (χ3v) is 5.42. The first-order chi connectivity index (χ1) is 13.2. The van der Waals surface area contributed by atoms with Crippen molar-refractivity contribution in [1.82, 2.24) is 15.5 Å². The van der Waals surface area contributed by atoms with E-state index in [-0.39, 0.29) is 24.5 Å². The quantitative estimate of drug-likeness (QED) is 0.675. The largest absolute Gasteiger partial charge is 0.371 e. The van der Waals surface area contributed by atoms with Gasteiger partial charge in [-0.3, -0.25) is 9.59 Å². The van der Waals surface area contributed by atoms with Crippen molar-refractivity contribution in [3.63, 3.8) is 0 Å². The summed E-state index contributed by atoms with van der Waals surface area (Å²) in [5, 5.41) is 6.27. The molecule has 3 rings (SSSR count). The number of carbonyl (C=O) groups excluding carboxylic acids is 2. The average Bonchev–Trinajstić information content (AvgIpc) is 3.25. The Morgan fingerprint density at radius 2 is 2.04 bits per heavy atom. The molecule has 0 spiro atoms. The molecule has 0 aromatic heterocycles. The molecule has 2 N–H and O–H groups in total. The monoisotopic (exact) mass is 373 g/mol. The lowest BCUT2D eigenvalue weighted by Gasteiger charge is -2.33. The van der Waals surface area contributed by atoms with Crippen molar-refractivity contribution in [2.45, 2.75) is 38.1 Å². The van der Waals surface area contributed by atoms with E-state index >= 15 is 0 Å². The summed E-state index contributed by atoms with van der Waals surface area (Å²) in [7, 11) is 0. The van der Waals surface area contributed by atoms with Crippen LogP contribution in [-0.2, 0) is 20.7 Å². The molecule has 2 unspecified atom stereocenters. The number of nitrogens with zero attached hydrogens (tertiary/aromatic N) is 1. The van der Waals surface area contributed by atoms with Crippen LogP contribution in [0, 0.1) is 5.92 Å². The van der Waals surface area contributed by atoms with E-state index in [2.05, 4.69) is 22.8 Å². The Morgan fingerprint density at radius 3 is 2.81 bits per heavy atom. The highest BCUT2D eigenvalue weighted by molar-refractivity contribution is 5.82. The fourth-order valence-corrected chi connectivity index (χ4v) is 3.82. The summed E-state index contributed by atoms with van der Waals surface area (Å²) < 4.78 is 5.58. The van der Waals surface area contributed by atoms with Crippen LogP contribution in [0.15, 0.2) is 30.3 Å². The van der Waals surface area contributed by atoms with E-state index in [0.717, 1.165) is 45.2 Å². The fourth-order valence-electron chi connectivity index (χ4n) is 3.82. The number of likely N-dealkylation sites (tertiary alicyclic amines) is 1. The number of nitrogens with one attached hydrogen (secondary N) is 2. The first-order valence-electron chi connectivity index (χ1n) is 10.1. The highest BCUT2D eigenvalue weighted by Gasteiger charge is 2.26. The molecular weight excluding hydrogens is 342 g/mol. The summed E-state index contributed by atoms with van der Waals surface area (Å²) in [5.74, 6) is 0.481. The van der Waals surface area contributed by atoms with Gasteiger partial charge in [0.25, 0.3) is 0 Å². The third kappa shape index (κ3) is 6.33. The van der Waals surface area contributed by atoms with Crippen LogP contribution in [-0.4, -0.2) is 62.1 Å². The van der Waals surface area contributed by atoms with Gasteiger partial charge in [-0.2, -0.15) is 0 Å². The second-order valence-electron chi connectivity index (χ2n) is 7.53. The number of benzene rings is 1. The number of carbonyl (C=O) groups is 2. The van der Waals surface area contributed by atoms with E-state index in [1.165, 1.54) is 5.56 Å². The Bertz CT molecular complexity index is 602. The molecule has 2 saturated heterocycles. The molecule has 148 valence electrons. The fraction of sp³-hybridized carbons (Fsp3) is 0.619. The molecule has 0 bridgehead atoms. The average molecular weight is 373 g/mol. The Kier molecular flexibility index (Phi) is 7.66. The third-order valence-electron chi connectivity index (χ3n) is 5.42. The first-order valence-corrected chi connectivity index (χ1v) is 10.1. The van der Waals surface area contributed by atoms with Crippen LogP contribution in [0.1, 0.15) is 31.2 Å². The van der Waals surface area contributed by atoms with Crippen molar-refractivity contribution in [3.8, 4) is 0 Å². The summed E-state index contributed by atoms with van der Waals surface area (Å²) in [6.45, 7) is 3.76. The van der Waals surface area contributed by atoms with Gasteiger partial charge in [-0.15, -0.1) is 0 Å². The molecule has 0 saturated carbocycles. The zero-order valence-corrected chi connectivity index (χ0v) is 16.0. The SMILES string of the molecule is O=C(NCC1CCCN(C(=O)COCCc2ccccc2)C1)C1CCCN1. The van der Waals surface area contributed by atoms with E-state index in [9.17, 15) is 9.59 Å². The zero-order valence-electron chi connectivity index (χ0n) is 16.0. The van der Waals surface area contributed by atoms with Crippen LogP contribution in [0.3, 0.4) is 0 Å².